The van der Waals surface area contributed by atoms with Crippen molar-refractivity contribution in [2.45, 2.75) is 6.04 Å². The van der Waals surface area contributed by atoms with Gasteiger partial charge in [-0.25, -0.2) is 13.2 Å². The molecule has 110 valence electrons. The van der Waals surface area contributed by atoms with Crippen LogP contribution in [0.15, 0.2) is 30.3 Å². The minimum absolute atomic E-state index is 0.412. The van der Waals surface area contributed by atoms with Crippen LogP contribution in [0.2, 0.25) is 0 Å². The molecule has 2 N–H and O–H groups in total. The molecule has 1 aromatic rings. The summed E-state index contributed by atoms with van der Waals surface area (Å²) in [6.07, 6.45) is 0.964. The van der Waals surface area contributed by atoms with E-state index >= 15 is 0 Å². The van der Waals surface area contributed by atoms with Crippen LogP contribution in [0, 0.1) is 0 Å². The van der Waals surface area contributed by atoms with Crippen LogP contribution in [-0.2, 0) is 19.6 Å². The van der Waals surface area contributed by atoms with Crippen molar-refractivity contribution in [3.8, 4) is 0 Å². The molecule has 0 bridgehead atoms. The molecule has 0 aliphatic carbocycles. The Hall–Kier alpha value is -1.93. The van der Waals surface area contributed by atoms with Gasteiger partial charge in [0.25, 0.3) is 0 Å². The number of benzene rings is 1. The van der Waals surface area contributed by atoms with E-state index in [-0.39, 0.29) is 0 Å². The minimum Gasteiger partial charge on any atom is -0.479 e. The summed E-state index contributed by atoms with van der Waals surface area (Å²) in [7, 11) is -2.25. The summed E-state index contributed by atoms with van der Waals surface area (Å²) in [6.45, 7) is -0.435. The van der Waals surface area contributed by atoms with Crippen LogP contribution in [0.4, 0.5) is 0 Å². The fourth-order valence-corrected chi connectivity index (χ4v) is 1.81. The molecule has 0 spiro atoms. The molecule has 0 aromatic heterocycles. The van der Waals surface area contributed by atoms with Crippen molar-refractivity contribution < 1.29 is 23.1 Å². The number of hydrogen-bond donors (Lipinski definition) is 2. The number of nitrogens with one attached hydrogen (secondary N) is 1. The first-order chi connectivity index (χ1) is 9.21. The van der Waals surface area contributed by atoms with Gasteiger partial charge in [-0.2, -0.15) is 4.31 Å². The SMILES string of the molecule is CN(CC(=O)N[C@@H](C(=O)O)c1ccccc1)S(C)(=O)=O. The smallest absolute Gasteiger partial charge is 0.330 e. The molecule has 0 radical (unpaired) electrons. The summed E-state index contributed by atoms with van der Waals surface area (Å²) >= 11 is 0. The van der Waals surface area contributed by atoms with Crippen LogP contribution in [0.25, 0.3) is 0 Å². The summed E-state index contributed by atoms with van der Waals surface area (Å²) < 4.78 is 23.2. The van der Waals surface area contributed by atoms with E-state index in [1.807, 2.05) is 0 Å². The third kappa shape index (κ3) is 4.63. The number of hydrogen-bond acceptors (Lipinski definition) is 4. The zero-order valence-corrected chi connectivity index (χ0v) is 11.9. The Bertz CT molecular complexity index is 585. The Morgan fingerprint density at radius 3 is 2.30 bits per heavy atom. The van der Waals surface area contributed by atoms with Gasteiger partial charge in [0.2, 0.25) is 15.9 Å². The van der Waals surface area contributed by atoms with E-state index in [4.69, 9.17) is 5.11 Å². The number of rotatable bonds is 6. The lowest BCUT2D eigenvalue weighted by Gasteiger charge is -2.18. The van der Waals surface area contributed by atoms with Crippen LogP contribution in [0.1, 0.15) is 11.6 Å². The Balaban J connectivity index is 2.78. The molecule has 7 nitrogen and oxygen atoms in total. The molecule has 0 fully saturated rings. The fourth-order valence-electron chi connectivity index (χ4n) is 1.46. The number of nitrogens with zero attached hydrogens (tertiary/aromatic N) is 1. The molecule has 20 heavy (non-hydrogen) atoms. The van der Waals surface area contributed by atoms with Gasteiger partial charge in [-0.15, -0.1) is 0 Å². The number of carbonyl (C=O) groups is 2. The highest BCUT2D eigenvalue weighted by molar-refractivity contribution is 7.88. The fraction of sp³-hybridized carbons (Fsp3) is 0.333. The van der Waals surface area contributed by atoms with Crippen LogP contribution >= 0.6 is 0 Å². The molecular formula is C12H16N2O5S. The molecule has 0 unspecified atom stereocenters. The summed E-state index contributed by atoms with van der Waals surface area (Å²) in [5, 5.41) is 11.4. The van der Waals surface area contributed by atoms with Gasteiger partial charge < -0.3 is 10.4 Å². The first-order valence-corrected chi connectivity index (χ1v) is 7.55. The van der Waals surface area contributed by atoms with Crippen molar-refractivity contribution in [2.24, 2.45) is 0 Å². The highest BCUT2D eigenvalue weighted by Crippen LogP contribution is 2.12. The van der Waals surface area contributed by atoms with Gasteiger partial charge in [0.05, 0.1) is 12.8 Å². The number of sulfonamides is 1. The van der Waals surface area contributed by atoms with E-state index in [0.29, 0.717) is 5.56 Å². The van der Waals surface area contributed by atoms with Crippen LogP contribution in [0.3, 0.4) is 0 Å². The van der Waals surface area contributed by atoms with E-state index in [1.165, 1.54) is 7.05 Å². The average Bonchev–Trinajstić information content (AvgIpc) is 2.35. The average molecular weight is 300 g/mol. The molecular weight excluding hydrogens is 284 g/mol. The second-order valence-corrected chi connectivity index (χ2v) is 6.36. The third-order valence-corrected chi connectivity index (χ3v) is 3.88. The Labute approximate surface area is 117 Å². The topological polar surface area (TPSA) is 104 Å². The summed E-state index contributed by atoms with van der Waals surface area (Å²) in [5.74, 6) is -1.90. The van der Waals surface area contributed by atoms with Crippen molar-refractivity contribution in [1.82, 2.24) is 9.62 Å². The molecule has 1 rings (SSSR count). The van der Waals surface area contributed by atoms with Gasteiger partial charge >= 0.3 is 5.97 Å². The molecule has 0 saturated heterocycles. The first-order valence-electron chi connectivity index (χ1n) is 5.70. The van der Waals surface area contributed by atoms with E-state index in [1.54, 1.807) is 30.3 Å². The summed E-state index contributed by atoms with van der Waals surface area (Å²) in [4.78, 5) is 22.9. The van der Waals surface area contributed by atoms with E-state index in [0.717, 1.165) is 10.6 Å². The molecule has 0 aliphatic heterocycles. The van der Waals surface area contributed by atoms with Crippen molar-refractivity contribution >= 4 is 21.9 Å². The zero-order chi connectivity index (χ0) is 15.3. The summed E-state index contributed by atoms with van der Waals surface area (Å²) in [5.41, 5.74) is 0.412. The second kappa shape index (κ2) is 6.49. The maximum atomic E-state index is 11.7. The van der Waals surface area contributed by atoms with Gasteiger partial charge in [0.1, 0.15) is 0 Å². The Morgan fingerprint density at radius 1 is 1.30 bits per heavy atom. The molecule has 1 amide bonds. The molecule has 0 heterocycles. The predicted molar refractivity (Wildman–Crippen MR) is 72.4 cm³/mol. The Kier molecular flexibility index (Phi) is 5.23. The monoisotopic (exact) mass is 300 g/mol. The number of carboxylic acid groups (broad SMARTS) is 1. The molecule has 1 atom stereocenters. The van der Waals surface area contributed by atoms with Gasteiger partial charge in [-0.1, -0.05) is 30.3 Å². The molecule has 0 aliphatic rings. The lowest BCUT2D eigenvalue weighted by molar-refractivity contribution is -0.142. The van der Waals surface area contributed by atoms with Gasteiger partial charge in [-0.3, -0.25) is 4.79 Å². The highest BCUT2D eigenvalue weighted by Gasteiger charge is 2.23. The predicted octanol–water partition coefficient (Wildman–Crippen LogP) is -0.180. The largest absolute Gasteiger partial charge is 0.479 e. The number of likely N-dealkylation sites (N-methyl/N-ethyl adjacent to an activating group) is 1. The normalized spacial score (nSPS) is 12.9. The third-order valence-electron chi connectivity index (χ3n) is 2.62. The van der Waals surface area contributed by atoms with Crippen LogP contribution < -0.4 is 5.32 Å². The highest BCUT2D eigenvalue weighted by atomic mass is 32.2. The number of aliphatic carboxylic acids is 1. The minimum atomic E-state index is -3.49. The molecule has 1 aromatic carbocycles. The van der Waals surface area contributed by atoms with Crippen molar-refractivity contribution in [1.29, 1.82) is 0 Å². The van der Waals surface area contributed by atoms with Crippen LogP contribution in [-0.4, -0.2) is 49.6 Å². The van der Waals surface area contributed by atoms with Gasteiger partial charge in [0.15, 0.2) is 6.04 Å². The van der Waals surface area contributed by atoms with E-state index in [2.05, 4.69) is 5.32 Å². The molecule has 8 heteroatoms. The standard InChI is InChI=1S/C12H16N2O5S/c1-14(20(2,18)19)8-10(15)13-11(12(16)17)9-6-4-3-5-7-9/h3-7,11H,8H2,1-2H3,(H,13,15)(H,16,17)/t11-/m1/s1. The number of carboxylic acids is 1. The Morgan fingerprint density at radius 2 is 1.85 bits per heavy atom. The first kappa shape index (κ1) is 16.1. The second-order valence-electron chi connectivity index (χ2n) is 4.27. The van der Waals surface area contributed by atoms with E-state index < -0.39 is 34.5 Å². The number of amides is 1. The maximum absolute atomic E-state index is 11.7. The lowest BCUT2D eigenvalue weighted by atomic mass is 10.1. The van der Waals surface area contributed by atoms with Crippen molar-refractivity contribution in [2.75, 3.05) is 19.8 Å². The van der Waals surface area contributed by atoms with Gasteiger partial charge in [0, 0.05) is 7.05 Å². The lowest BCUT2D eigenvalue weighted by Crippen LogP contribution is -2.41. The van der Waals surface area contributed by atoms with Crippen molar-refractivity contribution in [3.05, 3.63) is 35.9 Å². The maximum Gasteiger partial charge on any atom is 0.330 e. The summed E-state index contributed by atoms with van der Waals surface area (Å²) in [6, 6.07) is 6.96. The van der Waals surface area contributed by atoms with Crippen molar-refractivity contribution in [3.63, 3.8) is 0 Å². The number of carbonyl (C=O) groups excluding carboxylic acids is 1. The molecule has 0 saturated carbocycles. The van der Waals surface area contributed by atoms with E-state index in [9.17, 15) is 18.0 Å². The van der Waals surface area contributed by atoms with Gasteiger partial charge in [-0.05, 0) is 5.56 Å². The quantitative estimate of drug-likeness (QED) is 0.758. The van der Waals surface area contributed by atoms with Crippen LogP contribution in [0.5, 0.6) is 0 Å². The zero-order valence-electron chi connectivity index (χ0n) is 11.1.